The van der Waals surface area contributed by atoms with Crippen LogP contribution < -0.4 is 0 Å². The molecule has 2 heterocycles. The van der Waals surface area contributed by atoms with Crippen molar-refractivity contribution in [3.8, 4) is 0 Å². The second kappa shape index (κ2) is 10.2. The normalized spacial score (nSPS) is 15.8. The summed E-state index contributed by atoms with van der Waals surface area (Å²) in [7, 11) is 1.60. The van der Waals surface area contributed by atoms with Gasteiger partial charge in [0.1, 0.15) is 0 Å². The van der Waals surface area contributed by atoms with Crippen LogP contribution in [-0.2, 0) is 20.7 Å². The van der Waals surface area contributed by atoms with Gasteiger partial charge in [-0.05, 0) is 47.5 Å². The highest BCUT2D eigenvalue weighted by molar-refractivity contribution is 7.10. The summed E-state index contributed by atoms with van der Waals surface area (Å²) in [6, 6.07) is 9.62. The van der Waals surface area contributed by atoms with E-state index in [2.05, 4.69) is 11.4 Å². The Morgan fingerprint density at radius 3 is 2.72 bits per heavy atom. The van der Waals surface area contributed by atoms with E-state index in [1.54, 1.807) is 23.3 Å². The molecule has 2 aromatic rings. The SMILES string of the molecule is CCCC(=O)N(CCOC)CC(=O)N1CCc2sccc2C1c1ccc(Cl)cc1. The molecule has 1 atom stereocenters. The number of hydrogen-bond donors (Lipinski definition) is 0. The molecule has 1 aromatic carbocycles. The second-order valence-electron chi connectivity index (χ2n) is 7.15. The van der Waals surface area contributed by atoms with Crippen molar-refractivity contribution in [3.05, 3.63) is 56.7 Å². The smallest absolute Gasteiger partial charge is 0.242 e. The molecule has 2 amide bonds. The highest BCUT2D eigenvalue weighted by atomic mass is 35.5. The zero-order valence-electron chi connectivity index (χ0n) is 16.9. The molecule has 29 heavy (non-hydrogen) atoms. The van der Waals surface area contributed by atoms with Gasteiger partial charge in [-0.25, -0.2) is 0 Å². The van der Waals surface area contributed by atoms with Crippen LogP contribution in [0.4, 0.5) is 0 Å². The van der Waals surface area contributed by atoms with E-state index in [9.17, 15) is 9.59 Å². The van der Waals surface area contributed by atoms with Crippen molar-refractivity contribution in [2.75, 3.05) is 33.4 Å². The topological polar surface area (TPSA) is 49.9 Å². The molecule has 1 aliphatic heterocycles. The Morgan fingerprint density at radius 1 is 1.28 bits per heavy atom. The summed E-state index contributed by atoms with van der Waals surface area (Å²) in [6.07, 6.45) is 2.03. The molecule has 0 bridgehead atoms. The molecule has 0 spiro atoms. The Hall–Kier alpha value is -1.89. The summed E-state index contributed by atoms with van der Waals surface area (Å²) in [5.74, 6) is -0.0449. The Balaban J connectivity index is 1.85. The Kier molecular flexibility index (Phi) is 7.70. The van der Waals surface area contributed by atoms with Crippen LogP contribution in [0.1, 0.15) is 41.8 Å². The zero-order valence-corrected chi connectivity index (χ0v) is 18.5. The molecular formula is C22H27ClN2O3S. The van der Waals surface area contributed by atoms with Crippen molar-refractivity contribution >= 4 is 34.8 Å². The molecule has 1 aliphatic rings. The van der Waals surface area contributed by atoms with E-state index in [4.69, 9.17) is 16.3 Å². The van der Waals surface area contributed by atoms with Crippen LogP contribution in [-0.4, -0.2) is 55.0 Å². The molecule has 156 valence electrons. The van der Waals surface area contributed by atoms with E-state index in [0.29, 0.717) is 31.1 Å². The summed E-state index contributed by atoms with van der Waals surface area (Å²) in [5.41, 5.74) is 2.20. The Bertz CT molecular complexity index is 837. The van der Waals surface area contributed by atoms with Gasteiger partial charge in [-0.2, -0.15) is 0 Å². The highest BCUT2D eigenvalue weighted by Crippen LogP contribution is 2.38. The number of nitrogens with zero attached hydrogens (tertiary/aromatic N) is 2. The van der Waals surface area contributed by atoms with Gasteiger partial charge in [-0.1, -0.05) is 30.7 Å². The third-order valence-electron chi connectivity index (χ3n) is 5.18. The van der Waals surface area contributed by atoms with E-state index in [1.807, 2.05) is 36.1 Å². The number of benzene rings is 1. The summed E-state index contributed by atoms with van der Waals surface area (Å²) in [4.78, 5) is 30.7. The number of carbonyl (C=O) groups excluding carboxylic acids is 2. The lowest BCUT2D eigenvalue weighted by molar-refractivity contribution is -0.142. The largest absolute Gasteiger partial charge is 0.383 e. The summed E-state index contributed by atoms with van der Waals surface area (Å²) in [6.45, 7) is 3.52. The first kappa shape index (κ1) is 21.8. The lowest BCUT2D eigenvalue weighted by atomic mass is 9.93. The first-order valence-electron chi connectivity index (χ1n) is 9.93. The maximum Gasteiger partial charge on any atom is 0.242 e. The number of methoxy groups -OCH3 is 1. The fourth-order valence-corrected chi connectivity index (χ4v) is 4.74. The molecule has 5 nitrogen and oxygen atoms in total. The van der Waals surface area contributed by atoms with Gasteiger partial charge in [0, 0.05) is 36.5 Å². The van der Waals surface area contributed by atoms with E-state index >= 15 is 0 Å². The number of fused-ring (bicyclic) bond motifs is 1. The van der Waals surface area contributed by atoms with Crippen LogP contribution in [0.25, 0.3) is 0 Å². The fraction of sp³-hybridized carbons (Fsp3) is 0.455. The standard InChI is InChI=1S/C22H27ClN2O3S/c1-3-4-20(26)24(12-13-28-2)15-21(27)25-11-9-19-18(10-14-29-19)22(25)16-5-7-17(23)8-6-16/h5-8,10,14,22H,3-4,9,11-13,15H2,1-2H3. The van der Waals surface area contributed by atoms with Crippen molar-refractivity contribution < 1.29 is 14.3 Å². The van der Waals surface area contributed by atoms with Crippen LogP contribution in [0.3, 0.4) is 0 Å². The molecule has 0 saturated carbocycles. The number of amides is 2. The first-order chi connectivity index (χ1) is 14.0. The fourth-order valence-electron chi connectivity index (χ4n) is 3.71. The van der Waals surface area contributed by atoms with E-state index in [-0.39, 0.29) is 24.4 Å². The minimum Gasteiger partial charge on any atom is -0.383 e. The van der Waals surface area contributed by atoms with Gasteiger partial charge in [0.15, 0.2) is 0 Å². The average molecular weight is 435 g/mol. The maximum atomic E-state index is 13.3. The lowest BCUT2D eigenvalue weighted by Gasteiger charge is -2.37. The number of thiophene rings is 1. The third-order valence-corrected chi connectivity index (χ3v) is 6.43. The first-order valence-corrected chi connectivity index (χ1v) is 11.2. The minimum atomic E-state index is -0.152. The molecule has 1 unspecified atom stereocenters. The molecule has 0 fully saturated rings. The summed E-state index contributed by atoms with van der Waals surface area (Å²) >= 11 is 7.81. The number of ether oxygens (including phenoxy) is 1. The predicted molar refractivity (Wildman–Crippen MR) is 116 cm³/mol. The van der Waals surface area contributed by atoms with Gasteiger partial charge in [0.25, 0.3) is 0 Å². The van der Waals surface area contributed by atoms with Crippen LogP contribution in [0.2, 0.25) is 5.02 Å². The Morgan fingerprint density at radius 2 is 2.03 bits per heavy atom. The molecule has 0 radical (unpaired) electrons. The highest BCUT2D eigenvalue weighted by Gasteiger charge is 2.33. The molecule has 0 aliphatic carbocycles. The summed E-state index contributed by atoms with van der Waals surface area (Å²) in [5, 5.41) is 2.75. The molecule has 1 aromatic heterocycles. The van der Waals surface area contributed by atoms with Gasteiger partial charge in [0.2, 0.25) is 11.8 Å². The zero-order chi connectivity index (χ0) is 20.8. The second-order valence-corrected chi connectivity index (χ2v) is 8.59. The molecular weight excluding hydrogens is 408 g/mol. The molecule has 0 N–H and O–H groups in total. The van der Waals surface area contributed by atoms with Gasteiger partial charge in [-0.3, -0.25) is 9.59 Å². The van der Waals surface area contributed by atoms with Crippen LogP contribution in [0.15, 0.2) is 35.7 Å². The van der Waals surface area contributed by atoms with Crippen LogP contribution in [0.5, 0.6) is 0 Å². The van der Waals surface area contributed by atoms with E-state index < -0.39 is 0 Å². The van der Waals surface area contributed by atoms with Crippen molar-refractivity contribution in [2.24, 2.45) is 0 Å². The van der Waals surface area contributed by atoms with Crippen molar-refractivity contribution in [3.63, 3.8) is 0 Å². The molecule has 7 heteroatoms. The Labute approximate surface area is 181 Å². The van der Waals surface area contributed by atoms with Gasteiger partial charge < -0.3 is 14.5 Å². The average Bonchev–Trinajstić information content (AvgIpc) is 3.20. The minimum absolute atomic E-state index is 0.00539. The van der Waals surface area contributed by atoms with Crippen molar-refractivity contribution in [1.29, 1.82) is 0 Å². The van der Waals surface area contributed by atoms with E-state index in [0.717, 1.165) is 18.4 Å². The van der Waals surface area contributed by atoms with Gasteiger partial charge >= 0.3 is 0 Å². The van der Waals surface area contributed by atoms with E-state index in [1.165, 1.54) is 10.4 Å². The number of halogens is 1. The van der Waals surface area contributed by atoms with Gasteiger partial charge in [0.05, 0.1) is 19.2 Å². The number of carbonyl (C=O) groups is 2. The number of rotatable bonds is 8. The molecule has 0 saturated heterocycles. The lowest BCUT2D eigenvalue weighted by Crippen LogP contribution is -2.47. The summed E-state index contributed by atoms with van der Waals surface area (Å²) < 4.78 is 5.14. The maximum absolute atomic E-state index is 13.3. The molecule has 3 rings (SSSR count). The van der Waals surface area contributed by atoms with Gasteiger partial charge in [-0.15, -0.1) is 11.3 Å². The predicted octanol–water partition coefficient (Wildman–Crippen LogP) is 4.15. The third kappa shape index (κ3) is 5.18. The quantitative estimate of drug-likeness (QED) is 0.627. The van der Waals surface area contributed by atoms with Crippen LogP contribution in [0, 0.1) is 0 Å². The monoisotopic (exact) mass is 434 g/mol. The van der Waals surface area contributed by atoms with Crippen LogP contribution >= 0.6 is 22.9 Å². The van der Waals surface area contributed by atoms with Crippen molar-refractivity contribution in [1.82, 2.24) is 9.80 Å². The number of hydrogen-bond acceptors (Lipinski definition) is 4. The van der Waals surface area contributed by atoms with Crippen molar-refractivity contribution in [2.45, 2.75) is 32.2 Å².